The maximum Gasteiger partial charge on any atom is 0.340 e. The van der Waals surface area contributed by atoms with E-state index in [1.165, 1.54) is 0 Å². The third-order valence-electron chi connectivity index (χ3n) is 3.24. The van der Waals surface area contributed by atoms with Gasteiger partial charge in [-0.3, -0.25) is 0 Å². The second kappa shape index (κ2) is 4.05. The first-order valence-electron chi connectivity index (χ1n) is 6.04. The van der Waals surface area contributed by atoms with Gasteiger partial charge in [0.2, 0.25) is 0 Å². The molecule has 2 heterocycles. The molecule has 98 valence electrons. The Kier molecular flexibility index (Phi) is 2.48. The second-order valence-electron chi connectivity index (χ2n) is 4.39. The van der Waals surface area contributed by atoms with Crippen molar-refractivity contribution in [2.45, 2.75) is 13.5 Å². The number of hydrogen-bond acceptors (Lipinski definition) is 4. The van der Waals surface area contributed by atoms with Crippen LogP contribution in [0.2, 0.25) is 0 Å². The number of aliphatic hydroxyl groups is 2. The number of hydrogen-bond donors (Lipinski definition) is 2. The zero-order valence-corrected chi connectivity index (χ0v) is 10.4. The van der Waals surface area contributed by atoms with Gasteiger partial charge < -0.3 is 19.5 Å². The molecule has 0 bridgehead atoms. The average molecular weight is 259 g/mol. The highest BCUT2D eigenvalue weighted by Gasteiger charge is 2.24. The maximum atomic E-state index is 11.9. The number of carbonyl (C=O) groups is 1. The molecule has 0 amide bonds. The third-order valence-corrected chi connectivity index (χ3v) is 3.24. The van der Waals surface area contributed by atoms with Crippen molar-refractivity contribution in [3.05, 3.63) is 41.3 Å². The number of nitrogens with zero attached hydrogens (tertiary/aromatic N) is 1. The topological polar surface area (TPSA) is 71.7 Å². The first-order chi connectivity index (χ1) is 9.13. The van der Waals surface area contributed by atoms with Gasteiger partial charge in [0.1, 0.15) is 0 Å². The molecule has 1 aliphatic heterocycles. The first kappa shape index (κ1) is 11.6. The monoisotopic (exact) mass is 259 g/mol. The van der Waals surface area contributed by atoms with Crippen LogP contribution in [0.3, 0.4) is 0 Å². The number of carbonyl (C=O) groups excluding carboxylic acids is 1. The van der Waals surface area contributed by atoms with Gasteiger partial charge >= 0.3 is 5.97 Å². The Labute approximate surface area is 109 Å². The Balaban J connectivity index is 2.26. The Morgan fingerprint density at radius 3 is 2.95 bits per heavy atom. The van der Waals surface area contributed by atoms with E-state index in [4.69, 9.17) is 4.74 Å². The molecule has 0 saturated carbocycles. The fraction of sp³-hybridized carbons (Fsp3) is 0.214. The zero-order valence-electron chi connectivity index (χ0n) is 10.4. The minimum absolute atomic E-state index is 0.106. The van der Waals surface area contributed by atoms with E-state index < -0.39 is 5.97 Å². The Bertz CT molecular complexity index is 712. The average Bonchev–Trinajstić information content (AvgIpc) is 2.76. The lowest BCUT2D eigenvalue weighted by atomic mass is 10.0. The van der Waals surface area contributed by atoms with Gasteiger partial charge in [-0.2, -0.15) is 0 Å². The molecule has 2 N–H and O–H groups in total. The predicted octanol–water partition coefficient (Wildman–Crippen LogP) is 2.62. The van der Waals surface area contributed by atoms with Gasteiger partial charge in [0.05, 0.1) is 24.2 Å². The molecule has 3 rings (SSSR count). The minimum Gasteiger partial charge on any atom is -0.507 e. The number of aromatic nitrogens is 1. The maximum absolute atomic E-state index is 11.9. The first-order valence-corrected chi connectivity index (χ1v) is 6.04. The lowest BCUT2D eigenvalue weighted by Crippen LogP contribution is -2.08. The van der Waals surface area contributed by atoms with Crippen LogP contribution in [-0.4, -0.2) is 27.4 Å². The van der Waals surface area contributed by atoms with Gasteiger partial charge in [-0.25, -0.2) is 4.79 Å². The molecule has 0 unspecified atom stereocenters. The molecule has 0 spiro atoms. The Hall–Kier alpha value is -2.43. The van der Waals surface area contributed by atoms with Crippen molar-refractivity contribution >= 4 is 22.6 Å². The van der Waals surface area contributed by atoms with Crippen molar-refractivity contribution in [1.82, 2.24) is 4.57 Å². The summed E-state index contributed by atoms with van der Waals surface area (Å²) < 4.78 is 6.76. The van der Waals surface area contributed by atoms with E-state index in [2.05, 4.69) is 0 Å². The predicted molar refractivity (Wildman–Crippen MR) is 70.1 cm³/mol. The number of aliphatic hydroxyl groups excluding tert-OH is 2. The summed E-state index contributed by atoms with van der Waals surface area (Å²) in [5.74, 6) is -0.637. The smallest absolute Gasteiger partial charge is 0.340 e. The number of para-hydroxylation sites is 1. The molecule has 0 aliphatic carbocycles. The van der Waals surface area contributed by atoms with Crippen LogP contribution in [0.1, 0.15) is 22.8 Å². The summed E-state index contributed by atoms with van der Waals surface area (Å²) in [6.45, 7) is 2.21. The van der Waals surface area contributed by atoms with Crippen molar-refractivity contribution in [2.75, 3.05) is 6.61 Å². The molecule has 5 nitrogen and oxygen atoms in total. The number of esters is 1. The fourth-order valence-corrected chi connectivity index (χ4v) is 2.44. The van der Waals surface area contributed by atoms with Gasteiger partial charge in [0, 0.05) is 17.1 Å². The van der Waals surface area contributed by atoms with Crippen LogP contribution in [0.25, 0.3) is 16.7 Å². The van der Waals surface area contributed by atoms with E-state index >= 15 is 0 Å². The van der Waals surface area contributed by atoms with Crippen LogP contribution in [-0.2, 0) is 11.3 Å². The molecule has 1 aromatic heterocycles. The van der Waals surface area contributed by atoms with Crippen molar-refractivity contribution < 1.29 is 19.7 Å². The van der Waals surface area contributed by atoms with Crippen molar-refractivity contribution in [3.8, 4) is 0 Å². The van der Waals surface area contributed by atoms with E-state index in [9.17, 15) is 15.0 Å². The molecule has 19 heavy (non-hydrogen) atoms. The highest BCUT2D eigenvalue weighted by Crippen LogP contribution is 2.33. The largest absolute Gasteiger partial charge is 0.507 e. The van der Waals surface area contributed by atoms with E-state index in [0.717, 1.165) is 10.9 Å². The summed E-state index contributed by atoms with van der Waals surface area (Å²) in [5, 5.41) is 20.3. The molecule has 0 fully saturated rings. The molecule has 5 heteroatoms. The van der Waals surface area contributed by atoms with E-state index in [-0.39, 0.29) is 18.1 Å². The molecule has 1 aromatic carbocycles. The van der Waals surface area contributed by atoms with Gasteiger partial charge in [0.15, 0.2) is 11.5 Å². The Morgan fingerprint density at radius 1 is 1.42 bits per heavy atom. The van der Waals surface area contributed by atoms with Gasteiger partial charge in [-0.1, -0.05) is 12.1 Å². The van der Waals surface area contributed by atoms with Crippen LogP contribution in [0, 0.1) is 0 Å². The number of rotatable bonds is 2. The molecular formula is C14H13NO4. The zero-order chi connectivity index (χ0) is 13.6. The van der Waals surface area contributed by atoms with Gasteiger partial charge in [0.25, 0.3) is 0 Å². The molecule has 0 atom stereocenters. The van der Waals surface area contributed by atoms with E-state index in [1.54, 1.807) is 35.9 Å². The van der Waals surface area contributed by atoms with Crippen molar-refractivity contribution in [3.63, 3.8) is 0 Å². The molecule has 0 radical (unpaired) electrons. The summed E-state index contributed by atoms with van der Waals surface area (Å²) in [5.41, 5.74) is 1.71. The molecule has 2 aromatic rings. The summed E-state index contributed by atoms with van der Waals surface area (Å²) in [4.78, 5) is 11.9. The van der Waals surface area contributed by atoms with Crippen LogP contribution >= 0.6 is 0 Å². The number of allylic oxidation sites excluding steroid dienone is 1. The van der Waals surface area contributed by atoms with Crippen LogP contribution < -0.4 is 0 Å². The van der Waals surface area contributed by atoms with Crippen molar-refractivity contribution in [1.29, 1.82) is 0 Å². The SMILES string of the molecule is CCOC(=O)c1cn2c3c(cccc13)C(O)=C(O)C2. The quantitative estimate of drug-likeness (QED) is 0.813. The fourth-order valence-electron chi connectivity index (χ4n) is 2.44. The van der Waals surface area contributed by atoms with Crippen LogP contribution in [0.5, 0.6) is 0 Å². The van der Waals surface area contributed by atoms with Crippen LogP contribution in [0.4, 0.5) is 0 Å². The summed E-state index contributed by atoms with van der Waals surface area (Å²) >= 11 is 0. The highest BCUT2D eigenvalue weighted by molar-refractivity contribution is 6.07. The van der Waals surface area contributed by atoms with E-state index in [1.807, 2.05) is 0 Å². The van der Waals surface area contributed by atoms with Gasteiger partial charge in [-0.15, -0.1) is 0 Å². The second-order valence-corrected chi connectivity index (χ2v) is 4.39. The minimum atomic E-state index is -0.399. The van der Waals surface area contributed by atoms with E-state index in [0.29, 0.717) is 17.7 Å². The molecule has 1 aliphatic rings. The summed E-state index contributed by atoms with van der Waals surface area (Å²) in [6, 6.07) is 5.25. The van der Waals surface area contributed by atoms with Gasteiger partial charge in [-0.05, 0) is 13.0 Å². The van der Waals surface area contributed by atoms with Crippen LogP contribution in [0.15, 0.2) is 30.2 Å². The van der Waals surface area contributed by atoms with Crippen molar-refractivity contribution in [2.24, 2.45) is 0 Å². The summed E-state index contributed by atoms with van der Waals surface area (Å²) in [7, 11) is 0. The lowest BCUT2D eigenvalue weighted by molar-refractivity contribution is 0.0528. The lowest BCUT2D eigenvalue weighted by Gasteiger charge is -2.15. The standard InChI is InChI=1S/C14H13NO4/c1-2-19-14(18)10-6-15-7-11(16)13(17)9-5-3-4-8(10)12(9)15/h3-6,16-17H,2,7H2,1H3. The number of ether oxygens (including phenoxy) is 1. The third kappa shape index (κ3) is 1.58. The highest BCUT2D eigenvalue weighted by atomic mass is 16.5. The molecular weight excluding hydrogens is 246 g/mol. The number of benzene rings is 1. The Morgan fingerprint density at radius 2 is 2.21 bits per heavy atom. The normalized spacial score (nSPS) is 13.9. The molecule has 0 saturated heterocycles. The summed E-state index contributed by atoms with van der Waals surface area (Å²) in [6.07, 6.45) is 1.65.